The van der Waals surface area contributed by atoms with Crippen molar-refractivity contribution in [2.24, 2.45) is 0 Å². The Morgan fingerprint density at radius 2 is 1.97 bits per heavy atom. The van der Waals surface area contributed by atoms with E-state index in [1.54, 1.807) is 18.4 Å². The minimum absolute atomic E-state index is 0.0545. The molecule has 0 bridgehead atoms. The molecule has 0 radical (unpaired) electrons. The van der Waals surface area contributed by atoms with Crippen LogP contribution in [-0.2, 0) is 9.53 Å². The van der Waals surface area contributed by atoms with Crippen LogP contribution in [0, 0.1) is 6.92 Å². The molecule has 1 fully saturated rings. The molecule has 0 saturated carbocycles. The summed E-state index contributed by atoms with van der Waals surface area (Å²) in [4.78, 5) is 18.9. The van der Waals surface area contributed by atoms with Crippen LogP contribution < -0.4 is 15.0 Å². The lowest BCUT2D eigenvalue weighted by molar-refractivity contribution is -0.125. The van der Waals surface area contributed by atoms with Crippen LogP contribution in [0.3, 0.4) is 0 Å². The number of anilines is 1. The standard InChI is InChI=1S/C20H25N5O3S/c1-13-18-19(25(23-13)15-4-6-16(28-3)7-5-15)22-20(29-18)24-10-8-14(9-11-24)21-17(26)12-27-2/h4-7,14H,8-12H2,1-3H3,(H,21,26). The Hall–Kier alpha value is -2.65. The summed E-state index contributed by atoms with van der Waals surface area (Å²) in [7, 11) is 3.19. The first-order valence-electron chi connectivity index (χ1n) is 9.63. The van der Waals surface area contributed by atoms with E-state index in [4.69, 9.17) is 14.5 Å². The van der Waals surface area contributed by atoms with Crippen molar-refractivity contribution in [2.75, 3.05) is 38.8 Å². The Morgan fingerprint density at radius 3 is 2.62 bits per heavy atom. The van der Waals surface area contributed by atoms with Crippen molar-refractivity contribution in [1.29, 1.82) is 0 Å². The fraction of sp³-hybridized carbons (Fsp3) is 0.450. The minimum atomic E-state index is -0.0545. The molecule has 9 heteroatoms. The number of carbonyl (C=O) groups is 1. The summed E-state index contributed by atoms with van der Waals surface area (Å²) < 4.78 is 13.1. The van der Waals surface area contributed by atoms with Gasteiger partial charge in [-0.2, -0.15) is 10.1 Å². The third-order valence-corrected chi connectivity index (χ3v) is 6.31. The molecule has 2 aromatic heterocycles. The lowest BCUT2D eigenvalue weighted by Gasteiger charge is -2.32. The molecule has 29 heavy (non-hydrogen) atoms. The van der Waals surface area contributed by atoms with Crippen molar-refractivity contribution >= 4 is 32.7 Å². The van der Waals surface area contributed by atoms with Gasteiger partial charge in [0.15, 0.2) is 10.8 Å². The summed E-state index contributed by atoms with van der Waals surface area (Å²) in [5.74, 6) is 0.759. The lowest BCUT2D eigenvalue weighted by atomic mass is 10.1. The van der Waals surface area contributed by atoms with Crippen molar-refractivity contribution < 1.29 is 14.3 Å². The second kappa shape index (κ2) is 8.38. The van der Waals surface area contributed by atoms with Crippen LogP contribution in [0.2, 0.25) is 0 Å². The Labute approximate surface area is 173 Å². The van der Waals surface area contributed by atoms with Gasteiger partial charge < -0.3 is 19.7 Å². The number of benzene rings is 1. The molecule has 1 aromatic carbocycles. The number of nitrogens with one attached hydrogen (secondary N) is 1. The number of carbonyl (C=O) groups excluding carboxylic acids is 1. The predicted molar refractivity (Wildman–Crippen MR) is 113 cm³/mol. The summed E-state index contributed by atoms with van der Waals surface area (Å²) in [5.41, 5.74) is 2.81. The molecular weight excluding hydrogens is 390 g/mol. The van der Waals surface area contributed by atoms with Crippen LogP contribution in [0.15, 0.2) is 24.3 Å². The predicted octanol–water partition coefficient (Wildman–Crippen LogP) is 2.53. The number of thiazole rings is 1. The third-order valence-electron chi connectivity index (χ3n) is 5.10. The van der Waals surface area contributed by atoms with Gasteiger partial charge in [-0.3, -0.25) is 4.79 Å². The van der Waals surface area contributed by atoms with Gasteiger partial charge in [0.05, 0.1) is 23.2 Å². The first kappa shape index (κ1) is 19.7. The quantitative estimate of drug-likeness (QED) is 0.666. The number of hydrogen-bond acceptors (Lipinski definition) is 7. The highest BCUT2D eigenvalue weighted by molar-refractivity contribution is 7.22. The zero-order chi connectivity index (χ0) is 20.4. The Balaban J connectivity index is 1.50. The van der Waals surface area contributed by atoms with Gasteiger partial charge >= 0.3 is 0 Å². The maximum atomic E-state index is 11.7. The van der Waals surface area contributed by atoms with E-state index in [0.717, 1.165) is 58.5 Å². The van der Waals surface area contributed by atoms with E-state index in [1.807, 2.05) is 35.9 Å². The summed E-state index contributed by atoms with van der Waals surface area (Å²) in [6, 6.07) is 8.01. The third kappa shape index (κ3) is 4.06. The Morgan fingerprint density at radius 1 is 1.24 bits per heavy atom. The number of rotatable bonds is 6. The van der Waals surface area contributed by atoms with Gasteiger partial charge in [0, 0.05) is 26.2 Å². The largest absolute Gasteiger partial charge is 0.497 e. The van der Waals surface area contributed by atoms with Crippen LogP contribution in [0.4, 0.5) is 5.13 Å². The first-order valence-corrected chi connectivity index (χ1v) is 10.4. The molecule has 4 rings (SSSR count). The van der Waals surface area contributed by atoms with Crippen molar-refractivity contribution in [3.05, 3.63) is 30.0 Å². The monoisotopic (exact) mass is 415 g/mol. The highest BCUT2D eigenvalue weighted by Gasteiger charge is 2.24. The highest BCUT2D eigenvalue weighted by atomic mass is 32.1. The minimum Gasteiger partial charge on any atom is -0.497 e. The highest BCUT2D eigenvalue weighted by Crippen LogP contribution is 2.34. The number of methoxy groups -OCH3 is 2. The van der Waals surface area contributed by atoms with Crippen LogP contribution in [0.25, 0.3) is 16.0 Å². The van der Waals surface area contributed by atoms with Crippen molar-refractivity contribution in [3.63, 3.8) is 0 Å². The van der Waals surface area contributed by atoms with Gasteiger partial charge in [0.25, 0.3) is 0 Å². The summed E-state index contributed by atoms with van der Waals surface area (Å²) >= 11 is 1.68. The molecule has 3 heterocycles. The normalized spacial score (nSPS) is 15.1. The van der Waals surface area contributed by atoms with E-state index in [-0.39, 0.29) is 18.6 Å². The number of fused-ring (bicyclic) bond motifs is 1. The first-order chi connectivity index (χ1) is 14.1. The van der Waals surface area contributed by atoms with Gasteiger partial charge in [0.2, 0.25) is 5.91 Å². The van der Waals surface area contributed by atoms with Crippen LogP contribution in [-0.4, -0.2) is 60.6 Å². The van der Waals surface area contributed by atoms with E-state index in [9.17, 15) is 4.79 Å². The average Bonchev–Trinajstić information content (AvgIpc) is 3.29. The second-order valence-corrected chi connectivity index (χ2v) is 8.08. The molecule has 1 aliphatic heterocycles. The Kier molecular flexibility index (Phi) is 5.68. The van der Waals surface area contributed by atoms with E-state index in [0.29, 0.717) is 0 Å². The Bertz CT molecular complexity index is 990. The number of piperidine rings is 1. The molecule has 1 saturated heterocycles. The molecule has 1 N–H and O–H groups in total. The van der Waals surface area contributed by atoms with E-state index < -0.39 is 0 Å². The zero-order valence-electron chi connectivity index (χ0n) is 16.8. The zero-order valence-corrected chi connectivity index (χ0v) is 17.7. The molecule has 1 amide bonds. The van der Waals surface area contributed by atoms with Gasteiger partial charge in [-0.1, -0.05) is 11.3 Å². The molecule has 0 atom stereocenters. The topological polar surface area (TPSA) is 81.5 Å². The van der Waals surface area contributed by atoms with Gasteiger partial charge in [0.1, 0.15) is 12.4 Å². The van der Waals surface area contributed by atoms with Gasteiger partial charge in [-0.25, -0.2) is 4.68 Å². The van der Waals surface area contributed by atoms with Gasteiger partial charge in [-0.05, 0) is 44.0 Å². The van der Waals surface area contributed by atoms with E-state index in [1.165, 1.54) is 7.11 Å². The molecule has 8 nitrogen and oxygen atoms in total. The van der Waals surface area contributed by atoms with Crippen molar-refractivity contribution in [3.8, 4) is 11.4 Å². The van der Waals surface area contributed by atoms with Crippen LogP contribution >= 0.6 is 11.3 Å². The molecule has 1 aliphatic rings. The molecule has 3 aromatic rings. The van der Waals surface area contributed by atoms with Gasteiger partial charge in [-0.15, -0.1) is 0 Å². The van der Waals surface area contributed by atoms with Crippen LogP contribution in [0.5, 0.6) is 5.75 Å². The summed E-state index contributed by atoms with van der Waals surface area (Å²) in [5, 5.41) is 8.70. The average molecular weight is 416 g/mol. The summed E-state index contributed by atoms with van der Waals surface area (Å²) in [6.45, 7) is 3.85. The van der Waals surface area contributed by atoms with Crippen LogP contribution in [0.1, 0.15) is 18.5 Å². The maximum Gasteiger partial charge on any atom is 0.246 e. The molecule has 0 unspecified atom stereocenters. The number of aromatic nitrogens is 3. The fourth-order valence-electron chi connectivity index (χ4n) is 3.58. The number of nitrogens with zero attached hydrogens (tertiary/aromatic N) is 4. The van der Waals surface area contributed by atoms with Crippen molar-refractivity contribution in [1.82, 2.24) is 20.1 Å². The molecule has 0 spiro atoms. The lowest BCUT2D eigenvalue weighted by Crippen LogP contribution is -2.45. The molecular formula is C20H25N5O3S. The van der Waals surface area contributed by atoms with E-state index in [2.05, 4.69) is 15.3 Å². The molecule has 0 aliphatic carbocycles. The molecule has 154 valence electrons. The maximum absolute atomic E-state index is 11.7. The fourth-order valence-corrected chi connectivity index (χ4v) is 4.62. The smallest absolute Gasteiger partial charge is 0.246 e. The number of ether oxygens (including phenoxy) is 2. The second-order valence-electron chi connectivity index (χ2n) is 7.11. The number of aryl methyl sites for hydroxylation is 1. The SMILES string of the molecule is COCC(=O)NC1CCN(c2nc3c(s2)c(C)nn3-c2ccc(OC)cc2)CC1. The van der Waals surface area contributed by atoms with Crippen molar-refractivity contribution in [2.45, 2.75) is 25.8 Å². The number of amides is 1. The van der Waals surface area contributed by atoms with E-state index >= 15 is 0 Å². The summed E-state index contributed by atoms with van der Waals surface area (Å²) in [6.07, 6.45) is 1.80. The number of hydrogen-bond donors (Lipinski definition) is 1.